The second kappa shape index (κ2) is 7.06. The maximum absolute atomic E-state index is 12.7. The fourth-order valence-corrected chi connectivity index (χ4v) is 5.08. The summed E-state index contributed by atoms with van der Waals surface area (Å²) in [6.07, 6.45) is 2.88. The van der Waals surface area contributed by atoms with Gasteiger partial charge in [-0.1, -0.05) is 41.4 Å². The van der Waals surface area contributed by atoms with Gasteiger partial charge in [0.15, 0.2) is 5.03 Å². The number of rotatable bonds is 7. The van der Waals surface area contributed by atoms with Crippen molar-refractivity contribution in [3.05, 3.63) is 11.2 Å². The fraction of sp³-hybridized carbons (Fsp3) is 0.727. The van der Waals surface area contributed by atoms with E-state index in [4.69, 9.17) is 11.6 Å². The Balaban J connectivity index is 3.28. The summed E-state index contributed by atoms with van der Waals surface area (Å²) in [6.45, 7) is 4.38. The van der Waals surface area contributed by atoms with Gasteiger partial charge in [-0.15, -0.1) is 0 Å². The van der Waals surface area contributed by atoms with Gasteiger partial charge >= 0.3 is 0 Å². The molecule has 1 rings (SSSR count). The van der Waals surface area contributed by atoms with Crippen LogP contribution in [0.15, 0.2) is 11.2 Å². The summed E-state index contributed by atoms with van der Waals surface area (Å²) >= 11 is 9.27. The van der Waals surface area contributed by atoms with Gasteiger partial charge in [-0.2, -0.15) is 9.40 Å². The maximum Gasteiger partial charge on any atom is 0.262 e. The molecule has 8 heteroatoms. The Kier molecular flexibility index (Phi) is 6.29. The maximum atomic E-state index is 12.7. The van der Waals surface area contributed by atoms with Crippen molar-refractivity contribution in [3.63, 3.8) is 0 Å². The first-order valence-corrected chi connectivity index (χ1v) is 9.09. The van der Waals surface area contributed by atoms with E-state index in [9.17, 15) is 8.42 Å². The van der Waals surface area contributed by atoms with Gasteiger partial charge in [0.05, 0.1) is 11.2 Å². The van der Waals surface area contributed by atoms with Crippen molar-refractivity contribution >= 4 is 37.6 Å². The molecule has 0 bridgehead atoms. The average Bonchev–Trinajstić information content (AvgIpc) is 2.69. The van der Waals surface area contributed by atoms with E-state index < -0.39 is 10.0 Å². The van der Waals surface area contributed by atoms with Gasteiger partial charge in [0.25, 0.3) is 10.0 Å². The molecule has 0 saturated carbocycles. The summed E-state index contributed by atoms with van der Waals surface area (Å²) < 4.78 is 28.3. The third-order valence-corrected chi connectivity index (χ3v) is 5.86. The second-order valence-corrected chi connectivity index (χ2v) is 7.20. The first-order valence-electron chi connectivity index (χ1n) is 6.15. The van der Waals surface area contributed by atoms with E-state index in [-0.39, 0.29) is 16.1 Å². The lowest BCUT2D eigenvalue weighted by molar-refractivity contribution is 0.315. The zero-order valence-electron chi connectivity index (χ0n) is 11.3. The van der Waals surface area contributed by atoms with Crippen LogP contribution in [0.4, 0.5) is 0 Å². The third-order valence-electron chi connectivity index (χ3n) is 3.05. The lowest BCUT2D eigenvalue weighted by Gasteiger charge is -2.29. The predicted octanol–water partition coefficient (Wildman–Crippen LogP) is 2.65. The summed E-state index contributed by atoms with van der Waals surface area (Å²) in [5.74, 6) is 0. The van der Waals surface area contributed by atoms with Crippen LogP contribution in [0.3, 0.4) is 0 Å². The number of halogens is 2. The molecule has 0 aliphatic carbocycles. The standard InChI is InChI=1S/C11H19BrClN3O2S/c1-4-9(5-2)16(7-6-12)19(17,18)11-10(13)8-14-15(11)3/h8-9H,4-7H2,1-3H3. The molecule has 1 aromatic rings. The van der Waals surface area contributed by atoms with Crippen LogP contribution < -0.4 is 0 Å². The van der Waals surface area contributed by atoms with E-state index in [2.05, 4.69) is 21.0 Å². The van der Waals surface area contributed by atoms with Crippen LogP contribution in [0.25, 0.3) is 0 Å². The number of sulfonamides is 1. The lowest BCUT2D eigenvalue weighted by atomic mass is 10.2. The molecule has 0 spiro atoms. The number of aromatic nitrogens is 2. The van der Waals surface area contributed by atoms with Crippen LogP contribution in [-0.2, 0) is 17.1 Å². The molecular weight excluding hydrogens is 354 g/mol. The van der Waals surface area contributed by atoms with Crippen molar-refractivity contribution in [2.45, 2.75) is 37.8 Å². The summed E-state index contributed by atoms with van der Waals surface area (Å²) in [5, 5.41) is 4.70. The number of hydrogen-bond acceptors (Lipinski definition) is 3. The first-order chi connectivity index (χ1) is 8.89. The predicted molar refractivity (Wildman–Crippen MR) is 80.3 cm³/mol. The normalized spacial score (nSPS) is 12.6. The molecule has 0 radical (unpaired) electrons. The molecule has 0 aromatic carbocycles. The van der Waals surface area contributed by atoms with E-state index >= 15 is 0 Å². The largest absolute Gasteiger partial charge is 0.262 e. The van der Waals surface area contributed by atoms with Crippen LogP contribution in [0.1, 0.15) is 26.7 Å². The van der Waals surface area contributed by atoms with Crippen molar-refractivity contribution in [3.8, 4) is 0 Å². The molecule has 5 nitrogen and oxygen atoms in total. The van der Waals surface area contributed by atoms with Crippen LogP contribution in [0.2, 0.25) is 5.02 Å². The van der Waals surface area contributed by atoms with Gasteiger partial charge in [0.2, 0.25) is 0 Å². The minimum Gasteiger partial charge on any atom is -0.255 e. The van der Waals surface area contributed by atoms with E-state index in [1.807, 2.05) is 13.8 Å². The van der Waals surface area contributed by atoms with Gasteiger partial charge in [-0.3, -0.25) is 4.68 Å². The van der Waals surface area contributed by atoms with Crippen LogP contribution >= 0.6 is 27.5 Å². The Morgan fingerprint density at radius 2 is 2.05 bits per heavy atom. The average molecular weight is 373 g/mol. The molecular formula is C11H19BrClN3O2S. The van der Waals surface area contributed by atoms with E-state index in [1.54, 1.807) is 7.05 Å². The molecule has 0 N–H and O–H groups in total. The van der Waals surface area contributed by atoms with Crippen LogP contribution in [-0.4, -0.2) is 40.4 Å². The monoisotopic (exact) mass is 371 g/mol. The van der Waals surface area contributed by atoms with Crippen molar-refractivity contribution in [1.29, 1.82) is 0 Å². The molecule has 0 saturated heterocycles. The highest BCUT2D eigenvalue weighted by molar-refractivity contribution is 9.09. The van der Waals surface area contributed by atoms with Crippen LogP contribution in [0, 0.1) is 0 Å². The van der Waals surface area contributed by atoms with Crippen molar-refractivity contribution in [2.75, 3.05) is 11.9 Å². The zero-order chi connectivity index (χ0) is 14.6. The SMILES string of the molecule is CCC(CC)N(CCBr)S(=O)(=O)c1c(Cl)cnn1C. The number of alkyl halides is 1. The highest BCUT2D eigenvalue weighted by Gasteiger charge is 2.33. The van der Waals surface area contributed by atoms with Gasteiger partial charge in [0, 0.05) is 25.0 Å². The smallest absolute Gasteiger partial charge is 0.255 e. The molecule has 1 aromatic heterocycles. The summed E-state index contributed by atoms with van der Waals surface area (Å²) in [5.41, 5.74) is 0. The fourth-order valence-electron chi connectivity index (χ4n) is 2.08. The Bertz CT molecular complexity index is 495. The minimum absolute atomic E-state index is 0.0338. The highest BCUT2D eigenvalue weighted by atomic mass is 79.9. The molecule has 0 aliphatic heterocycles. The Labute approximate surface area is 128 Å². The number of hydrogen-bond donors (Lipinski definition) is 0. The number of nitrogens with zero attached hydrogens (tertiary/aromatic N) is 3. The zero-order valence-corrected chi connectivity index (χ0v) is 14.5. The Morgan fingerprint density at radius 1 is 1.47 bits per heavy atom. The van der Waals surface area contributed by atoms with Gasteiger partial charge in [0.1, 0.15) is 0 Å². The molecule has 0 unspecified atom stereocenters. The summed E-state index contributed by atoms with van der Waals surface area (Å²) in [4.78, 5) is 0. The lowest BCUT2D eigenvalue weighted by Crippen LogP contribution is -2.41. The molecule has 110 valence electrons. The van der Waals surface area contributed by atoms with E-state index in [1.165, 1.54) is 15.2 Å². The molecule has 19 heavy (non-hydrogen) atoms. The van der Waals surface area contributed by atoms with Gasteiger partial charge < -0.3 is 0 Å². The van der Waals surface area contributed by atoms with E-state index in [0.717, 1.165) is 12.8 Å². The Hall–Kier alpha value is -0.110. The summed E-state index contributed by atoms with van der Waals surface area (Å²) in [7, 11) is -2.05. The van der Waals surface area contributed by atoms with Crippen molar-refractivity contribution in [1.82, 2.24) is 14.1 Å². The first kappa shape index (κ1) is 16.9. The highest BCUT2D eigenvalue weighted by Crippen LogP contribution is 2.26. The molecule has 0 amide bonds. The minimum atomic E-state index is -3.63. The van der Waals surface area contributed by atoms with Crippen LogP contribution in [0.5, 0.6) is 0 Å². The third kappa shape index (κ3) is 3.51. The van der Waals surface area contributed by atoms with E-state index in [0.29, 0.717) is 11.9 Å². The van der Waals surface area contributed by atoms with Gasteiger partial charge in [-0.05, 0) is 12.8 Å². The summed E-state index contributed by atoms with van der Waals surface area (Å²) in [6, 6.07) is -0.0338. The molecule has 0 atom stereocenters. The number of aryl methyl sites for hydroxylation is 1. The molecule has 0 aliphatic rings. The van der Waals surface area contributed by atoms with Gasteiger partial charge in [-0.25, -0.2) is 8.42 Å². The molecule has 1 heterocycles. The quantitative estimate of drug-likeness (QED) is 0.691. The van der Waals surface area contributed by atoms with Crippen molar-refractivity contribution < 1.29 is 8.42 Å². The Morgan fingerprint density at radius 3 is 2.42 bits per heavy atom. The molecule has 0 fully saturated rings. The van der Waals surface area contributed by atoms with Crippen molar-refractivity contribution in [2.24, 2.45) is 7.05 Å². The second-order valence-electron chi connectivity index (χ2n) is 4.20. The topological polar surface area (TPSA) is 55.2 Å².